The Morgan fingerprint density at radius 1 is 0.895 bits per heavy atom. The second kappa shape index (κ2) is 10.6. The lowest BCUT2D eigenvalue weighted by Crippen LogP contribution is -2.46. The molecule has 0 radical (unpaired) electrons. The van der Waals surface area contributed by atoms with Crippen LogP contribution in [-0.2, 0) is 23.3 Å². The Kier molecular flexibility index (Phi) is 8.18. The molecule has 38 heavy (non-hydrogen) atoms. The number of carbonyl (C=O) groups is 1. The van der Waals surface area contributed by atoms with Crippen molar-refractivity contribution in [2.45, 2.75) is 57.2 Å². The van der Waals surface area contributed by atoms with E-state index in [0.29, 0.717) is 18.6 Å². The molecule has 0 unspecified atom stereocenters. The van der Waals surface area contributed by atoms with E-state index in [2.05, 4.69) is 0 Å². The lowest BCUT2D eigenvalue weighted by Gasteiger charge is -2.41. The van der Waals surface area contributed by atoms with Gasteiger partial charge in [0.05, 0.1) is 29.0 Å². The normalized spacial score (nSPS) is 18.3. The van der Waals surface area contributed by atoms with Gasteiger partial charge in [0, 0.05) is 31.2 Å². The van der Waals surface area contributed by atoms with Gasteiger partial charge >= 0.3 is 24.6 Å². The van der Waals surface area contributed by atoms with Crippen LogP contribution in [0.25, 0.3) is 0 Å². The smallest absolute Gasteiger partial charge is 0.416 e. The van der Waals surface area contributed by atoms with E-state index >= 15 is 0 Å². The average molecular weight is 556 g/mol. The first-order chi connectivity index (χ1) is 17.5. The number of rotatable bonds is 5. The molecule has 0 spiro atoms. The van der Waals surface area contributed by atoms with Crippen molar-refractivity contribution in [3.63, 3.8) is 0 Å². The van der Waals surface area contributed by atoms with Crippen LogP contribution in [-0.4, -0.2) is 32.3 Å². The summed E-state index contributed by atoms with van der Waals surface area (Å²) >= 11 is 0. The summed E-state index contributed by atoms with van der Waals surface area (Å²) in [6, 6.07) is 3.42. The number of anilines is 2. The predicted molar refractivity (Wildman–Crippen MR) is 122 cm³/mol. The number of ether oxygens (including phenoxy) is 1. The number of amides is 1. The summed E-state index contributed by atoms with van der Waals surface area (Å²) in [6.45, 7) is 3.12. The van der Waals surface area contributed by atoms with E-state index in [9.17, 15) is 44.3 Å². The average Bonchev–Trinajstić information content (AvgIpc) is 2.81. The largest absolute Gasteiger partial charge is 0.449 e. The summed E-state index contributed by atoms with van der Waals surface area (Å²) in [5, 5.41) is 0. The fourth-order valence-electron chi connectivity index (χ4n) is 4.59. The number of benzene rings is 2. The maximum Gasteiger partial charge on any atom is 0.416 e. The highest BCUT2D eigenvalue weighted by Crippen LogP contribution is 2.44. The molecule has 13 heteroatoms. The van der Waals surface area contributed by atoms with Crippen molar-refractivity contribution in [3.8, 4) is 0 Å². The molecule has 0 fully saturated rings. The van der Waals surface area contributed by atoms with Gasteiger partial charge in [0.15, 0.2) is 0 Å². The first-order valence-electron chi connectivity index (χ1n) is 11.6. The maximum atomic E-state index is 13.5. The molecular weight excluding hydrogens is 531 g/mol. The number of halogens is 9. The molecule has 0 bridgehead atoms. The number of alkyl halides is 9. The number of hydrogen-bond acceptors (Lipinski definition) is 3. The number of carbonyl (C=O) groups excluding carboxylic acids is 1. The number of likely N-dealkylation sites (N-methyl/N-ethyl adjacent to an activating group) is 1. The topological polar surface area (TPSA) is 32.8 Å². The molecule has 2 atom stereocenters. The van der Waals surface area contributed by atoms with Gasteiger partial charge in [-0.3, -0.25) is 4.90 Å². The van der Waals surface area contributed by atoms with Crippen LogP contribution in [0, 0.1) is 0 Å². The summed E-state index contributed by atoms with van der Waals surface area (Å²) in [5.74, 6) is -0.753. The molecule has 210 valence electrons. The van der Waals surface area contributed by atoms with Gasteiger partial charge in [0.2, 0.25) is 0 Å². The van der Waals surface area contributed by atoms with E-state index < -0.39 is 59.0 Å². The monoisotopic (exact) mass is 556 g/mol. The van der Waals surface area contributed by atoms with Gasteiger partial charge in [-0.15, -0.1) is 0 Å². The molecule has 3 rings (SSSR count). The van der Waals surface area contributed by atoms with E-state index in [4.69, 9.17) is 4.74 Å². The van der Waals surface area contributed by atoms with Gasteiger partial charge in [0.1, 0.15) is 0 Å². The summed E-state index contributed by atoms with van der Waals surface area (Å²) < 4.78 is 126. The SMILES string of the molecule is CCOC(=O)N1c2ccc(C(F)(F)F)cc2[C@@H](CN(C)c2cc(C(F)(F)F)cc(C(F)(F)F)c2)C[C@H]1CC. The molecule has 0 aromatic heterocycles. The van der Waals surface area contributed by atoms with Crippen LogP contribution in [0.15, 0.2) is 36.4 Å². The molecule has 0 saturated heterocycles. The number of hydrogen-bond donors (Lipinski definition) is 0. The van der Waals surface area contributed by atoms with Crippen molar-refractivity contribution in [2.75, 3.05) is 30.0 Å². The summed E-state index contributed by atoms with van der Waals surface area (Å²) in [7, 11) is 1.27. The van der Waals surface area contributed by atoms with Crippen molar-refractivity contribution in [3.05, 3.63) is 58.7 Å². The van der Waals surface area contributed by atoms with Crippen LogP contribution in [0.4, 0.5) is 55.7 Å². The molecule has 4 nitrogen and oxygen atoms in total. The van der Waals surface area contributed by atoms with Crippen molar-refractivity contribution >= 4 is 17.5 Å². The van der Waals surface area contributed by atoms with E-state index in [0.717, 1.165) is 23.1 Å². The second-order valence-corrected chi connectivity index (χ2v) is 8.98. The van der Waals surface area contributed by atoms with Crippen LogP contribution in [0.3, 0.4) is 0 Å². The molecule has 0 N–H and O–H groups in total. The third-order valence-electron chi connectivity index (χ3n) is 6.42. The van der Waals surface area contributed by atoms with Gasteiger partial charge in [-0.05, 0) is 61.7 Å². The van der Waals surface area contributed by atoms with E-state index in [1.165, 1.54) is 11.9 Å². The highest BCUT2D eigenvalue weighted by Gasteiger charge is 2.40. The molecule has 1 aliphatic heterocycles. The third kappa shape index (κ3) is 6.29. The zero-order chi connectivity index (χ0) is 28.6. The molecule has 1 amide bonds. The lowest BCUT2D eigenvalue weighted by molar-refractivity contribution is -0.143. The lowest BCUT2D eigenvalue weighted by atomic mass is 9.83. The van der Waals surface area contributed by atoms with Gasteiger partial charge in [-0.25, -0.2) is 4.79 Å². The standard InChI is InChI=1S/C25H25F9N2O2/c1-4-18-8-14(13-35(3)19-10-16(24(29,30)31)9-17(11-19)25(32,33)34)20-12-15(23(26,27)28)6-7-21(20)36(18)22(37)38-5-2/h6-7,9-12,14,18H,4-5,8,13H2,1-3H3/t14-,18-/m1/s1. The van der Waals surface area contributed by atoms with Crippen LogP contribution in [0.5, 0.6) is 0 Å². The summed E-state index contributed by atoms with van der Waals surface area (Å²) in [4.78, 5) is 15.1. The van der Waals surface area contributed by atoms with Gasteiger partial charge in [0.25, 0.3) is 0 Å². The number of fused-ring (bicyclic) bond motifs is 1. The van der Waals surface area contributed by atoms with Crippen LogP contribution >= 0.6 is 0 Å². The first kappa shape index (κ1) is 29.4. The minimum absolute atomic E-state index is 0.00713. The van der Waals surface area contributed by atoms with Gasteiger partial charge in [-0.2, -0.15) is 39.5 Å². The third-order valence-corrected chi connectivity index (χ3v) is 6.42. The molecule has 1 aliphatic rings. The molecule has 1 heterocycles. The number of nitrogens with zero attached hydrogens (tertiary/aromatic N) is 2. The fourth-order valence-corrected chi connectivity index (χ4v) is 4.59. The molecule has 2 aromatic rings. The Labute approximate surface area is 213 Å². The highest BCUT2D eigenvalue weighted by molar-refractivity contribution is 5.90. The Balaban J connectivity index is 2.09. The minimum atomic E-state index is -5.05. The molecule has 0 aliphatic carbocycles. The maximum absolute atomic E-state index is 13.5. The van der Waals surface area contributed by atoms with Crippen molar-refractivity contribution in [2.24, 2.45) is 0 Å². The van der Waals surface area contributed by atoms with Crippen molar-refractivity contribution < 1.29 is 49.0 Å². The van der Waals surface area contributed by atoms with Gasteiger partial charge in [-0.1, -0.05) is 6.92 Å². The Hall–Kier alpha value is -3.12. The summed E-state index contributed by atoms with van der Waals surface area (Å²) in [5.41, 5.74) is -4.17. The van der Waals surface area contributed by atoms with E-state index in [-0.39, 0.29) is 36.9 Å². The van der Waals surface area contributed by atoms with Crippen LogP contribution in [0.2, 0.25) is 0 Å². The quantitative estimate of drug-likeness (QED) is 0.349. The van der Waals surface area contributed by atoms with Gasteiger partial charge < -0.3 is 9.64 Å². The van der Waals surface area contributed by atoms with Crippen LogP contribution < -0.4 is 9.80 Å². The zero-order valence-electron chi connectivity index (χ0n) is 20.6. The van der Waals surface area contributed by atoms with Crippen LogP contribution in [0.1, 0.15) is 54.9 Å². The van der Waals surface area contributed by atoms with Crippen molar-refractivity contribution in [1.82, 2.24) is 0 Å². The first-order valence-corrected chi connectivity index (χ1v) is 11.6. The second-order valence-electron chi connectivity index (χ2n) is 8.98. The predicted octanol–water partition coefficient (Wildman–Crippen LogP) is 8.11. The van der Waals surface area contributed by atoms with E-state index in [1.807, 2.05) is 0 Å². The Bertz CT molecular complexity index is 1130. The summed E-state index contributed by atoms with van der Waals surface area (Å²) in [6.07, 6.45) is -15.1. The van der Waals surface area contributed by atoms with E-state index in [1.54, 1.807) is 13.8 Å². The zero-order valence-corrected chi connectivity index (χ0v) is 20.6. The minimum Gasteiger partial charge on any atom is -0.449 e. The molecular formula is C25H25F9N2O2. The highest BCUT2D eigenvalue weighted by atomic mass is 19.4. The van der Waals surface area contributed by atoms with Crippen molar-refractivity contribution in [1.29, 1.82) is 0 Å². The molecule has 2 aromatic carbocycles. The molecule has 0 saturated carbocycles. The Morgan fingerprint density at radius 3 is 1.92 bits per heavy atom. The Morgan fingerprint density at radius 2 is 1.45 bits per heavy atom. The fraction of sp³-hybridized carbons (Fsp3) is 0.480.